The number of carbonyl (C=O) groups excluding carboxylic acids is 1. The molecule has 0 unspecified atom stereocenters. The van der Waals surface area contributed by atoms with Crippen LogP contribution in [0.25, 0.3) is 5.69 Å². The van der Waals surface area contributed by atoms with Crippen LogP contribution in [0, 0.1) is 11.7 Å². The minimum absolute atomic E-state index is 0.00792. The van der Waals surface area contributed by atoms with Crippen LogP contribution in [-0.2, 0) is 11.2 Å². The molecule has 4 rings (SSSR count). The predicted octanol–water partition coefficient (Wildman–Crippen LogP) is 4.00. The van der Waals surface area contributed by atoms with Crippen molar-refractivity contribution in [3.8, 4) is 11.4 Å². The number of carbonyl (C=O) groups is 1. The van der Waals surface area contributed by atoms with E-state index in [1.54, 1.807) is 47.3 Å². The summed E-state index contributed by atoms with van der Waals surface area (Å²) in [7, 11) is 3.13. The van der Waals surface area contributed by atoms with Gasteiger partial charge in [0.1, 0.15) is 17.9 Å². The van der Waals surface area contributed by atoms with Gasteiger partial charge in [-0.1, -0.05) is 19.9 Å². The lowest BCUT2D eigenvalue weighted by Crippen LogP contribution is -2.42. The average Bonchev–Trinajstić information content (AvgIpc) is 3.29. The molecule has 2 heterocycles. The number of methoxy groups -OCH3 is 2. The number of nitrogens with zero attached hydrogens (tertiary/aromatic N) is 4. The molecule has 0 aliphatic carbocycles. The van der Waals surface area contributed by atoms with Gasteiger partial charge >= 0.3 is 0 Å². The second-order valence-corrected chi connectivity index (χ2v) is 8.27. The molecule has 7 nitrogen and oxygen atoms in total. The van der Waals surface area contributed by atoms with Crippen molar-refractivity contribution in [1.29, 1.82) is 0 Å². The van der Waals surface area contributed by atoms with Gasteiger partial charge in [-0.25, -0.2) is 14.1 Å². The van der Waals surface area contributed by atoms with E-state index in [9.17, 15) is 9.18 Å². The molecule has 0 radical (unpaired) electrons. The third kappa shape index (κ3) is 4.10. The summed E-state index contributed by atoms with van der Waals surface area (Å²) in [5, 5.41) is 4.51. The number of hydrogen-bond acceptors (Lipinski definition) is 5. The summed E-state index contributed by atoms with van der Waals surface area (Å²) in [6, 6.07) is 10.1. The monoisotopic (exact) mass is 438 g/mol. The number of hydrogen-bond donors (Lipinski definition) is 0. The molecule has 1 aliphatic heterocycles. The summed E-state index contributed by atoms with van der Waals surface area (Å²) in [6.45, 7) is 4.90. The minimum atomic E-state index is -0.314. The normalized spacial score (nSPS) is 15.7. The molecule has 1 aliphatic rings. The molecule has 8 heteroatoms. The highest BCUT2D eigenvalue weighted by molar-refractivity contribution is 6.09. The van der Waals surface area contributed by atoms with E-state index in [0.717, 1.165) is 5.82 Å². The van der Waals surface area contributed by atoms with Crippen molar-refractivity contribution in [2.75, 3.05) is 32.3 Å². The van der Waals surface area contributed by atoms with Gasteiger partial charge in [-0.05, 0) is 36.8 Å². The van der Waals surface area contributed by atoms with Crippen LogP contribution < -0.4 is 9.64 Å². The van der Waals surface area contributed by atoms with Crippen LogP contribution in [-0.4, -0.2) is 48.0 Å². The van der Waals surface area contributed by atoms with Gasteiger partial charge in [0.05, 0.1) is 30.7 Å². The number of ether oxygens (including phenoxy) is 2. The average molecular weight is 439 g/mol. The van der Waals surface area contributed by atoms with Gasteiger partial charge in [-0.15, -0.1) is 0 Å². The highest BCUT2D eigenvalue weighted by Crippen LogP contribution is 2.34. The molecule has 0 N–H and O–H groups in total. The Kier molecular flexibility index (Phi) is 6.23. The van der Waals surface area contributed by atoms with Crippen molar-refractivity contribution in [1.82, 2.24) is 14.8 Å². The number of rotatable bonds is 6. The summed E-state index contributed by atoms with van der Waals surface area (Å²) in [5.74, 6) is 0.761. The largest absolute Gasteiger partial charge is 0.496 e. The van der Waals surface area contributed by atoms with E-state index in [1.807, 2.05) is 19.9 Å². The summed E-state index contributed by atoms with van der Waals surface area (Å²) in [4.78, 5) is 19.7. The molecule has 32 heavy (non-hydrogen) atoms. The van der Waals surface area contributed by atoms with Crippen LogP contribution in [0.2, 0.25) is 0 Å². The SMILES string of the molecule is COC[C@H]1Cc2c(F)cccc2N(C(=O)c2cc(-n3cnc(C(C)C)n3)ccc2OC)C1. The molecule has 0 saturated carbocycles. The van der Waals surface area contributed by atoms with Gasteiger partial charge < -0.3 is 14.4 Å². The Bertz CT molecular complexity index is 1130. The second-order valence-electron chi connectivity index (χ2n) is 8.27. The zero-order valence-electron chi connectivity index (χ0n) is 18.7. The number of halogens is 1. The number of aromatic nitrogens is 3. The van der Waals surface area contributed by atoms with Crippen molar-refractivity contribution < 1.29 is 18.7 Å². The van der Waals surface area contributed by atoms with Crippen LogP contribution in [0.15, 0.2) is 42.7 Å². The maximum atomic E-state index is 14.6. The van der Waals surface area contributed by atoms with Crippen molar-refractivity contribution in [2.45, 2.75) is 26.2 Å². The van der Waals surface area contributed by atoms with Crippen LogP contribution in [0.3, 0.4) is 0 Å². The Labute approximate surface area is 186 Å². The first-order chi connectivity index (χ1) is 15.4. The Morgan fingerprint density at radius 2 is 2.06 bits per heavy atom. The van der Waals surface area contributed by atoms with Gasteiger partial charge in [0.2, 0.25) is 0 Å². The Morgan fingerprint density at radius 1 is 1.25 bits per heavy atom. The fourth-order valence-electron chi connectivity index (χ4n) is 4.07. The fourth-order valence-corrected chi connectivity index (χ4v) is 4.07. The maximum absolute atomic E-state index is 14.6. The molecule has 0 fully saturated rings. The first-order valence-corrected chi connectivity index (χ1v) is 10.6. The van der Waals surface area contributed by atoms with E-state index in [-0.39, 0.29) is 23.6 Å². The van der Waals surface area contributed by atoms with E-state index in [2.05, 4.69) is 10.1 Å². The number of amides is 1. The van der Waals surface area contributed by atoms with Crippen molar-refractivity contribution in [3.05, 3.63) is 65.5 Å². The maximum Gasteiger partial charge on any atom is 0.262 e. The third-order valence-electron chi connectivity index (χ3n) is 5.67. The molecule has 168 valence electrons. The molecule has 2 aromatic carbocycles. The summed E-state index contributed by atoms with van der Waals surface area (Å²) in [5.41, 5.74) is 2.18. The molecular weight excluding hydrogens is 411 g/mol. The zero-order valence-corrected chi connectivity index (χ0v) is 18.7. The molecule has 0 bridgehead atoms. The Balaban J connectivity index is 1.75. The second kappa shape index (κ2) is 9.08. The van der Waals surface area contributed by atoms with E-state index < -0.39 is 0 Å². The topological polar surface area (TPSA) is 69.5 Å². The molecular formula is C24H27FN4O3. The smallest absolute Gasteiger partial charge is 0.262 e. The summed E-state index contributed by atoms with van der Waals surface area (Å²) >= 11 is 0. The summed E-state index contributed by atoms with van der Waals surface area (Å²) < 4.78 is 27.0. The van der Waals surface area contributed by atoms with Crippen LogP contribution in [0.5, 0.6) is 5.75 Å². The number of fused-ring (bicyclic) bond motifs is 1. The highest BCUT2D eigenvalue weighted by atomic mass is 19.1. The van der Waals surface area contributed by atoms with Gasteiger partial charge in [-0.3, -0.25) is 4.79 Å². The van der Waals surface area contributed by atoms with Gasteiger partial charge in [0, 0.05) is 31.1 Å². The van der Waals surface area contributed by atoms with E-state index in [0.29, 0.717) is 47.8 Å². The molecule has 1 atom stereocenters. The highest BCUT2D eigenvalue weighted by Gasteiger charge is 2.32. The fraction of sp³-hybridized carbons (Fsp3) is 0.375. The zero-order chi connectivity index (χ0) is 22.8. The van der Waals surface area contributed by atoms with Crippen LogP contribution in [0.1, 0.15) is 41.5 Å². The number of anilines is 1. The van der Waals surface area contributed by atoms with Crippen LogP contribution in [0.4, 0.5) is 10.1 Å². The molecule has 0 saturated heterocycles. The van der Waals surface area contributed by atoms with Gasteiger partial charge in [-0.2, -0.15) is 5.10 Å². The summed E-state index contributed by atoms with van der Waals surface area (Å²) in [6.07, 6.45) is 2.15. The number of benzene rings is 2. The Hall–Kier alpha value is -3.26. The van der Waals surface area contributed by atoms with E-state index in [4.69, 9.17) is 9.47 Å². The van der Waals surface area contributed by atoms with E-state index in [1.165, 1.54) is 13.2 Å². The lowest BCUT2D eigenvalue weighted by atomic mass is 9.92. The van der Waals surface area contributed by atoms with E-state index >= 15 is 0 Å². The van der Waals surface area contributed by atoms with Crippen LogP contribution >= 0.6 is 0 Å². The van der Waals surface area contributed by atoms with Gasteiger partial charge in [0.15, 0.2) is 5.82 Å². The lowest BCUT2D eigenvalue weighted by molar-refractivity contribution is 0.0962. The Morgan fingerprint density at radius 3 is 2.75 bits per heavy atom. The third-order valence-corrected chi connectivity index (χ3v) is 5.67. The van der Waals surface area contributed by atoms with Crippen molar-refractivity contribution in [2.24, 2.45) is 5.92 Å². The standard InChI is InChI=1S/C24H27FN4O3/c1-15(2)23-26-14-29(27-23)17-8-9-22(32-4)19(11-17)24(30)28-12-16(13-31-3)10-18-20(25)6-5-7-21(18)28/h5-9,11,14-16H,10,12-13H2,1-4H3/t16-/m0/s1. The quantitative estimate of drug-likeness (QED) is 0.582. The minimum Gasteiger partial charge on any atom is -0.496 e. The molecule has 1 amide bonds. The van der Waals surface area contributed by atoms with Gasteiger partial charge in [0.25, 0.3) is 5.91 Å². The first kappa shape index (κ1) is 22.0. The molecule has 1 aromatic heterocycles. The van der Waals surface area contributed by atoms with Crippen molar-refractivity contribution >= 4 is 11.6 Å². The molecule has 0 spiro atoms. The van der Waals surface area contributed by atoms with Crippen molar-refractivity contribution in [3.63, 3.8) is 0 Å². The molecule has 3 aromatic rings. The lowest BCUT2D eigenvalue weighted by Gasteiger charge is -2.35. The first-order valence-electron chi connectivity index (χ1n) is 10.6. The predicted molar refractivity (Wildman–Crippen MR) is 119 cm³/mol.